The van der Waals surface area contributed by atoms with Crippen molar-refractivity contribution in [2.75, 3.05) is 12.9 Å². The maximum absolute atomic E-state index is 12.7. The van der Waals surface area contributed by atoms with Crippen LogP contribution in [0.25, 0.3) is 4.91 Å². The third kappa shape index (κ3) is 4.82. The zero-order valence-electron chi connectivity index (χ0n) is 13.6. The number of amides is 1. The van der Waals surface area contributed by atoms with E-state index in [0.29, 0.717) is 34.6 Å². The van der Waals surface area contributed by atoms with Gasteiger partial charge in [0.1, 0.15) is 0 Å². The van der Waals surface area contributed by atoms with Gasteiger partial charge in [0.15, 0.2) is 11.5 Å². The van der Waals surface area contributed by atoms with Crippen LogP contribution >= 0.6 is 11.8 Å². The first kappa shape index (κ1) is 19.5. The number of methoxy groups -OCH3 is 1. The molecule has 0 fully saturated rings. The van der Waals surface area contributed by atoms with Gasteiger partial charge >= 0.3 is 6.36 Å². The molecule has 2 rings (SSSR count). The van der Waals surface area contributed by atoms with Crippen LogP contribution in [0.5, 0.6) is 11.5 Å². The number of benzene rings is 1. The molecule has 1 atom stereocenters. The van der Waals surface area contributed by atoms with Crippen molar-refractivity contribution in [1.29, 1.82) is 0 Å². The van der Waals surface area contributed by atoms with E-state index in [1.165, 1.54) is 24.9 Å². The van der Waals surface area contributed by atoms with Crippen molar-refractivity contribution in [2.45, 2.75) is 26.1 Å². The average Bonchev–Trinajstić information content (AvgIpc) is 3.02. The van der Waals surface area contributed by atoms with Gasteiger partial charge in [0.05, 0.1) is 13.0 Å². The molecule has 0 aliphatic carbocycles. The molecule has 25 heavy (non-hydrogen) atoms. The van der Waals surface area contributed by atoms with Crippen molar-refractivity contribution in [3.8, 4) is 11.5 Å². The van der Waals surface area contributed by atoms with Crippen LogP contribution in [-0.2, 0) is 11.2 Å². The molecule has 0 bridgehead atoms. The second-order valence-corrected chi connectivity index (χ2v) is 6.45. The van der Waals surface area contributed by atoms with Gasteiger partial charge in [-0.25, -0.2) is 5.48 Å². The van der Waals surface area contributed by atoms with Gasteiger partial charge in [-0.2, -0.15) is 0 Å². The Labute approximate surface area is 147 Å². The first-order valence-corrected chi connectivity index (χ1v) is 8.53. The fraction of sp³-hybridized carbons (Fsp3) is 0.438. The molecule has 2 N–H and O–H groups in total. The summed E-state index contributed by atoms with van der Waals surface area (Å²) in [5, 5.41) is 8.71. The molecule has 0 saturated heterocycles. The topological polar surface area (TPSA) is 67.8 Å². The van der Waals surface area contributed by atoms with Gasteiger partial charge in [0.2, 0.25) is 0 Å². The number of thioether (sulfide) groups is 1. The number of ether oxygens (including phenoxy) is 2. The van der Waals surface area contributed by atoms with Crippen molar-refractivity contribution >= 4 is 22.6 Å². The van der Waals surface area contributed by atoms with Crippen molar-refractivity contribution < 1.29 is 32.6 Å². The molecule has 0 saturated carbocycles. The Morgan fingerprint density at radius 2 is 2.16 bits per heavy atom. The van der Waals surface area contributed by atoms with E-state index < -0.39 is 23.9 Å². The Bertz CT molecular complexity index is 676. The summed E-state index contributed by atoms with van der Waals surface area (Å²) in [5.74, 6) is -1.07. The summed E-state index contributed by atoms with van der Waals surface area (Å²) in [6.45, 7) is 1.90. The lowest BCUT2D eigenvalue weighted by Crippen LogP contribution is -2.26. The van der Waals surface area contributed by atoms with E-state index in [0.717, 1.165) is 0 Å². The Morgan fingerprint density at radius 1 is 1.44 bits per heavy atom. The molecule has 1 aliphatic rings. The van der Waals surface area contributed by atoms with E-state index in [4.69, 9.17) is 9.94 Å². The molecule has 0 radical (unpaired) electrons. The molecular formula is C16H18F3NO4S. The molecule has 1 amide bonds. The second kappa shape index (κ2) is 8.01. The Morgan fingerprint density at radius 3 is 2.72 bits per heavy atom. The molecule has 9 heteroatoms. The van der Waals surface area contributed by atoms with Crippen LogP contribution < -0.4 is 15.0 Å². The monoisotopic (exact) mass is 377 g/mol. The van der Waals surface area contributed by atoms with E-state index >= 15 is 0 Å². The van der Waals surface area contributed by atoms with Gasteiger partial charge in [0.25, 0.3) is 5.91 Å². The summed E-state index contributed by atoms with van der Waals surface area (Å²) in [5.41, 5.74) is 2.69. The summed E-state index contributed by atoms with van der Waals surface area (Å²) in [6, 6.07) is 2.99. The first-order chi connectivity index (χ1) is 11.8. The normalized spacial score (nSPS) is 17.2. The maximum Gasteiger partial charge on any atom is 0.573 e. The molecule has 5 nitrogen and oxygen atoms in total. The number of alkyl halides is 3. The fourth-order valence-corrected chi connectivity index (χ4v) is 3.71. The third-order valence-electron chi connectivity index (χ3n) is 3.58. The highest BCUT2D eigenvalue weighted by molar-refractivity contribution is 8.08. The van der Waals surface area contributed by atoms with Crippen molar-refractivity contribution in [3.63, 3.8) is 0 Å². The van der Waals surface area contributed by atoms with Gasteiger partial charge in [-0.15, -0.1) is 24.9 Å². The maximum atomic E-state index is 12.7. The van der Waals surface area contributed by atoms with Gasteiger partial charge in [-0.3, -0.25) is 10.0 Å². The van der Waals surface area contributed by atoms with Crippen LogP contribution in [0.4, 0.5) is 13.2 Å². The Hall–Kier alpha value is -1.87. The van der Waals surface area contributed by atoms with Crippen LogP contribution in [0.3, 0.4) is 0 Å². The van der Waals surface area contributed by atoms with Crippen LogP contribution in [0.1, 0.15) is 24.5 Å². The van der Waals surface area contributed by atoms with Crippen molar-refractivity contribution in [3.05, 3.63) is 29.3 Å². The lowest BCUT2D eigenvalue weighted by molar-refractivity contribution is -0.275. The number of nitrogens with one attached hydrogen (secondary N) is 1. The van der Waals surface area contributed by atoms with Gasteiger partial charge in [-0.1, -0.05) is 19.4 Å². The number of carbonyl (C=O) groups excluding carboxylic acids is 1. The summed E-state index contributed by atoms with van der Waals surface area (Å²) < 4.78 is 47.4. The number of rotatable bonds is 6. The molecule has 1 heterocycles. The minimum absolute atomic E-state index is 0.0520. The zero-order valence-corrected chi connectivity index (χ0v) is 14.5. The predicted molar refractivity (Wildman–Crippen MR) is 87.5 cm³/mol. The van der Waals surface area contributed by atoms with Crippen LogP contribution in [0, 0.1) is 5.92 Å². The summed E-state index contributed by atoms with van der Waals surface area (Å²) in [7, 11) is 1.29. The molecule has 0 aromatic heterocycles. The predicted octanol–water partition coefficient (Wildman–Crippen LogP) is 3.76. The fourth-order valence-electron chi connectivity index (χ4n) is 2.56. The van der Waals surface area contributed by atoms with E-state index in [1.54, 1.807) is 17.6 Å². The molecule has 1 unspecified atom stereocenters. The average molecular weight is 377 g/mol. The van der Waals surface area contributed by atoms with Crippen LogP contribution in [0.2, 0.25) is 0 Å². The number of aryl methyl sites for hydroxylation is 1. The summed E-state index contributed by atoms with van der Waals surface area (Å²) in [4.78, 5) is 12.2. The highest BCUT2D eigenvalue weighted by Gasteiger charge is 2.34. The zero-order chi connectivity index (χ0) is 18.6. The number of hydrogen-bond donors (Lipinski definition) is 2. The standard InChI is InChI=1S/C16H18F3NO4S/c1-3-4-9-5-10(13-7-11(8-25-13)15(21)20-22)6-12(14(9)23-2)24-16(17,18)19/h5-7,11,22H,3-4,8H2,1-2H3,(H,20,21). The third-order valence-corrected chi connectivity index (χ3v) is 4.79. The second-order valence-electron chi connectivity index (χ2n) is 5.39. The largest absolute Gasteiger partial charge is 0.573 e. The molecule has 0 spiro atoms. The minimum Gasteiger partial charge on any atom is -0.493 e. The van der Waals surface area contributed by atoms with Crippen molar-refractivity contribution in [2.24, 2.45) is 5.92 Å². The number of carbonyl (C=O) groups is 1. The Kier molecular flexibility index (Phi) is 6.23. The van der Waals surface area contributed by atoms with Crippen LogP contribution in [0.15, 0.2) is 18.2 Å². The smallest absolute Gasteiger partial charge is 0.493 e. The lowest BCUT2D eigenvalue weighted by Gasteiger charge is -2.17. The quantitative estimate of drug-likeness (QED) is 0.584. The highest BCUT2D eigenvalue weighted by atomic mass is 32.2. The highest BCUT2D eigenvalue weighted by Crippen LogP contribution is 2.43. The number of hydrogen-bond acceptors (Lipinski definition) is 5. The molecule has 1 aromatic carbocycles. The van der Waals surface area contributed by atoms with Crippen LogP contribution in [-0.4, -0.2) is 30.3 Å². The SMILES string of the molecule is CCCc1cc(C2=CC(C(=O)NO)CS2)cc(OC(F)(F)F)c1OC. The number of hydroxylamine groups is 1. The number of halogens is 3. The van der Waals surface area contributed by atoms with E-state index in [1.807, 2.05) is 6.92 Å². The van der Waals surface area contributed by atoms with E-state index in [-0.39, 0.29) is 5.75 Å². The Balaban J connectivity index is 2.46. The first-order valence-electron chi connectivity index (χ1n) is 7.54. The van der Waals surface area contributed by atoms with Gasteiger partial charge in [-0.05, 0) is 29.7 Å². The summed E-state index contributed by atoms with van der Waals surface area (Å²) in [6.07, 6.45) is -1.99. The lowest BCUT2D eigenvalue weighted by atomic mass is 10.0. The van der Waals surface area contributed by atoms with E-state index in [2.05, 4.69) is 4.74 Å². The minimum atomic E-state index is -4.84. The van der Waals surface area contributed by atoms with Crippen molar-refractivity contribution in [1.82, 2.24) is 5.48 Å². The summed E-state index contributed by atoms with van der Waals surface area (Å²) >= 11 is 1.33. The molecule has 1 aromatic rings. The van der Waals surface area contributed by atoms with Gasteiger partial charge in [0, 0.05) is 10.7 Å². The molecular weight excluding hydrogens is 359 g/mol. The molecule has 1 aliphatic heterocycles. The van der Waals surface area contributed by atoms with E-state index in [9.17, 15) is 18.0 Å². The van der Waals surface area contributed by atoms with Gasteiger partial charge < -0.3 is 9.47 Å². The molecule has 138 valence electrons.